The van der Waals surface area contributed by atoms with Crippen molar-refractivity contribution in [3.63, 3.8) is 0 Å². The monoisotopic (exact) mass is 1150 g/mol. The van der Waals surface area contributed by atoms with Crippen molar-refractivity contribution in [2.45, 2.75) is 74.5 Å². The van der Waals surface area contributed by atoms with Crippen molar-refractivity contribution in [2.75, 3.05) is 0 Å². The van der Waals surface area contributed by atoms with Crippen molar-refractivity contribution in [1.29, 1.82) is 0 Å². The fourth-order valence-electron chi connectivity index (χ4n) is 11.1. The number of benzene rings is 7. The van der Waals surface area contributed by atoms with Crippen LogP contribution in [0.4, 0.5) is 0 Å². The van der Waals surface area contributed by atoms with Gasteiger partial charge in [-0.3, -0.25) is 4.98 Å². The predicted molar refractivity (Wildman–Crippen MR) is 364 cm³/mol. The Morgan fingerprint density at radius 1 is 0.368 bits per heavy atom. The maximum atomic E-state index is 8.72. The van der Waals surface area contributed by atoms with Gasteiger partial charge in [-0.15, -0.1) is 0 Å². The molecule has 1 unspecified atom stereocenters. The van der Waals surface area contributed by atoms with Crippen molar-refractivity contribution >= 4 is 0 Å². The summed E-state index contributed by atoms with van der Waals surface area (Å²) in [5.74, 6) is -1.73. The molecule has 0 N–H and O–H groups in total. The van der Waals surface area contributed by atoms with Crippen molar-refractivity contribution in [3.05, 3.63) is 306 Å². The maximum Gasteiger partial charge on any atom is 0.213 e. The van der Waals surface area contributed by atoms with E-state index in [0.717, 1.165) is 72.8 Å². The number of hydrogen-bond donors (Lipinski definition) is 0. The van der Waals surface area contributed by atoms with E-state index < -0.39 is 19.6 Å². The number of nitrogens with zero attached hydrogens (tertiary/aromatic N) is 5. The molecule has 0 radical (unpaired) electrons. The van der Waals surface area contributed by atoms with E-state index in [0.29, 0.717) is 5.56 Å². The lowest BCUT2D eigenvalue weighted by molar-refractivity contribution is -0.660. The van der Waals surface area contributed by atoms with Gasteiger partial charge < -0.3 is 0 Å². The molecule has 0 spiro atoms. The molecule has 12 aromatic rings. The van der Waals surface area contributed by atoms with E-state index in [1.54, 1.807) is 0 Å². The Bertz CT molecular complexity index is 4580. The first-order valence-electron chi connectivity index (χ1n) is 33.2. The van der Waals surface area contributed by atoms with E-state index in [1.807, 2.05) is 160 Å². The lowest BCUT2D eigenvalue weighted by Gasteiger charge is -2.14. The Kier molecular flexibility index (Phi) is 17.6. The van der Waals surface area contributed by atoms with Gasteiger partial charge in [0.2, 0.25) is 22.8 Å². The van der Waals surface area contributed by atoms with Gasteiger partial charge in [0.05, 0.1) is 5.69 Å². The molecule has 0 amide bonds. The lowest BCUT2D eigenvalue weighted by atomic mass is 9.92. The van der Waals surface area contributed by atoms with Crippen LogP contribution in [0.2, 0.25) is 0 Å². The molecule has 0 aliphatic rings. The highest BCUT2D eigenvalue weighted by Crippen LogP contribution is 2.33. The zero-order valence-electron chi connectivity index (χ0n) is 59.3. The summed E-state index contributed by atoms with van der Waals surface area (Å²) in [6, 6.07) is 80.0. The first-order chi connectivity index (χ1) is 44.8. The van der Waals surface area contributed by atoms with Crippen molar-refractivity contribution in [2.24, 2.45) is 28.2 Å². The third-order valence-corrected chi connectivity index (χ3v) is 16.0. The van der Waals surface area contributed by atoms with Crippen LogP contribution in [-0.2, 0) is 34.6 Å². The van der Waals surface area contributed by atoms with Crippen LogP contribution in [-0.4, -0.2) is 4.98 Å². The summed E-state index contributed by atoms with van der Waals surface area (Å²) in [5.41, 5.74) is 26.0. The second-order valence-electron chi connectivity index (χ2n) is 22.4. The molecular weight excluding hydrogens is 1050 g/mol. The molecule has 5 heterocycles. The molecule has 0 fully saturated rings. The van der Waals surface area contributed by atoms with Crippen LogP contribution in [0.15, 0.2) is 261 Å². The minimum atomic E-state index is -2.44. The fraction of sp³-hybridized carbons (Fsp3) is 0.183. The van der Waals surface area contributed by atoms with E-state index in [9.17, 15) is 0 Å². The molecular formula is C82H85N5+4. The minimum Gasteiger partial charge on any atom is -0.253 e. The molecule has 0 saturated heterocycles. The lowest BCUT2D eigenvalue weighted by Crippen LogP contribution is -2.31. The van der Waals surface area contributed by atoms with Crippen LogP contribution >= 0.6 is 0 Å². The summed E-state index contributed by atoms with van der Waals surface area (Å²) in [5, 5.41) is 0. The average Bonchev–Trinajstić information content (AvgIpc) is 0.761. The highest BCUT2D eigenvalue weighted by Gasteiger charge is 2.22. The number of aryl methyl sites for hydroxylation is 11. The van der Waals surface area contributed by atoms with Crippen LogP contribution in [0.3, 0.4) is 0 Å². The van der Waals surface area contributed by atoms with E-state index in [1.165, 1.54) is 62.8 Å². The number of rotatable bonds is 10. The van der Waals surface area contributed by atoms with Crippen molar-refractivity contribution in [3.8, 4) is 89.7 Å². The maximum absolute atomic E-state index is 8.72. The molecule has 5 heteroatoms. The van der Waals surface area contributed by atoms with Gasteiger partial charge in [0.1, 0.15) is 28.2 Å². The quantitative estimate of drug-likeness (QED) is 0.125. The molecule has 434 valence electrons. The molecule has 5 aromatic heterocycles. The number of pyridine rings is 5. The topological polar surface area (TPSA) is 28.4 Å². The van der Waals surface area contributed by atoms with E-state index >= 15 is 0 Å². The van der Waals surface area contributed by atoms with E-state index in [2.05, 4.69) is 194 Å². The highest BCUT2D eigenvalue weighted by atomic mass is 14.9. The SMILES string of the molecule is Cc1cc(-c2ccccc2C)[n+](C)cc1-c1ccccc1.Cc1cccc(-c2cc[n+](C)c(-c3ccccc3C)c2)n1.[2H]C([2H])([2H])C([2H])(C)c1cc(-c2ccccc2C)[n+](C)cc1-c1ccccc1.[2H]C([2H])([2H])Cc1cc(-c2ccccc2C)[n+](C)cc1-c1ccccc1. The van der Waals surface area contributed by atoms with Crippen molar-refractivity contribution < 1.29 is 27.9 Å². The Morgan fingerprint density at radius 3 is 1.23 bits per heavy atom. The Morgan fingerprint density at radius 2 is 0.770 bits per heavy atom. The van der Waals surface area contributed by atoms with Gasteiger partial charge in [-0.2, -0.15) is 0 Å². The van der Waals surface area contributed by atoms with Crippen LogP contribution in [0.5, 0.6) is 0 Å². The normalized spacial score (nSPS) is 12.9. The molecule has 0 aliphatic carbocycles. The van der Waals surface area contributed by atoms with Gasteiger partial charge >= 0.3 is 0 Å². The summed E-state index contributed by atoms with van der Waals surface area (Å²) in [6.45, 7) is 9.64. The molecule has 0 saturated carbocycles. The van der Waals surface area contributed by atoms with Gasteiger partial charge in [-0.05, 0) is 146 Å². The average molecular weight is 1150 g/mol. The van der Waals surface area contributed by atoms with Crippen LogP contribution < -0.4 is 18.3 Å². The largest absolute Gasteiger partial charge is 0.253 e. The van der Waals surface area contributed by atoms with Crippen LogP contribution in [0.1, 0.15) is 80.8 Å². The molecule has 87 heavy (non-hydrogen) atoms. The van der Waals surface area contributed by atoms with Gasteiger partial charge in [0.25, 0.3) is 0 Å². The first-order valence-corrected chi connectivity index (χ1v) is 29.7. The second-order valence-corrected chi connectivity index (χ2v) is 22.4. The third-order valence-electron chi connectivity index (χ3n) is 16.0. The summed E-state index contributed by atoms with van der Waals surface area (Å²) in [7, 11) is 8.16. The Labute approximate surface area is 528 Å². The van der Waals surface area contributed by atoms with Gasteiger partial charge in [-0.25, -0.2) is 18.3 Å². The molecule has 1 atom stereocenters. The summed E-state index contributed by atoms with van der Waals surface area (Å²) in [4.78, 5) is 4.62. The summed E-state index contributed by atoms with van der Waals surface area (Å²) < 4.78 is 64.2. The number of hydrogen-bond acceptors (Lipinski definition) is 1. The summed E-state index contributed by atoms with van der Waals surface area (Å²) in [6.07, 6.45) is 8.35. The Hall–Kier alpha value is -9.71. The first kappa shape index (κ1) is 52.8. The third kappa shape index (κ3) is 15.0. The molecule has 0 bridgehead atoms. The zero-order valence-corrected chi connectivity index (χ0v) is 52.3. The smallest absolute Gasteiger partial charge is 0.213 e. The second kappa shape index (κ2) is 28.9. The van der Waals surface area contributed by atoms with E-state index in [-0.39, 0.29) is 6.42 Å². The van der Waals surface area contributed by atoms with Crippen LogP contribution in [0.25, 0.3) is 89.7 Å². The van der Waals surface area contributed by atoms with Gasteiger partial charge in [0, 0.05) is 90.1 Å². The fourth-order valence-corrected chi connectivity index (χ4v) is 11.1. The highest BCUT2D eigenvalue weighted by molar-refractivity contribution is 5.73. The van der Waals surface area contributed by atoms with Crippen molar-refractivity contribution in [1.82, 2.24) is 4.98 Å². The van der Waals surface area contributed by atoms with Crippen LogP contribution in [0, 0.1) is 41.5 Å². The van der Waals surface area contributed by atoms with Gasteiger partial charge in [0.15, 0.2) is 24.8 Å². The molecule has 0 aliphatic heterocycles. The molecule has 5 nitrogen and oxygen atoms in total. The predicted octanol–water partition coefficient (Wildman–Crippen LogP) is 18.3. The van der Waals surface area contributed by atoms with Gasteiger partial charge in [-0.1, -0.05) is 190 Å². The summed E-state index contributed by atoms with van der Waals surface area (Å²) >= 11 is 0. The number of aromatic nitrogens is 5. The minimum absolute atomic E-state index is 0.0525. The van der Waals surface area contributed by atoms with E-state index in [4.69, 9.17) is 9.60 Å². The zero-order chi connectivity index (χ0) is 67.5. The Balaban J connectivity index is 0.000000148. The standard InChI is InChI=1S/C22H24N.C21H22N.C20H20N.C19H19N2/c1-16(2)20-14-22(19-13-9-8-10-17(19)3)23(4)15-21(20)18-11-6-5-7-12-18;1-4-17-14-21(19-13-9-8-10-16(19)2)22(3)15-20(17)18-11-6-5-7-12-18;1-15-9-7-8-12-18(15)20-13-16(2)19(14-21(20)3)17-10-5-4-6-11-17;1-14-7-4-5-9-17(14)19-13-16(11-12-21(19)3)18-10-6-8-15(2)20-18/h5-16H,1-4H3;5-15H,4H2,1-3H3;4-14H,1-3H3;4-13H,1-3H3/q4*+1/i1D3,16D;1D3;;. The molecule has 12 rings (SSSR count). The molecule has 7 aromatic carbocycles.